The van der Waals surface area contributed by atoms with Crippen LogP contribution in [-0.2, 0) is 17.8 Å². The van der Waals surface area contributed by atoms with Crippen LogP contribution >= 0.6 is 11.3 Å². The molecule has 0 aromatic carbocycles. The molecule has 0 fully saturated rings. The molecular formula is C17H26N4O2S. The Morgan fingerprint density at radius 2 is 2.33 bits per heavy atom. The molecule has 24 heavy (non-hydrogen) atoms. The highest BCUT2D eigenvalue weighted by Crippen LogP contribution is 2.10. The standard InChI is InChI=1S/C17H26N4O2S/c1-3-18-17(20-9-7-16-21-12-14(2)24-16)19-8-5-10-22-13-15-6-4-11-23-15/h4,6,11-12H,3,5,7-10,13H2,1-2H3,(H2,18,19,20). The fraction of sp³-hybridized carbons (Fsp3) is 0.529. The Balaban J connectivity index is 1.60. The van der Waals surface area contributed by atoms with Crippen molar-refractivity contribution >= 4 is 17.3 Å². The summed E-state index contributed by atoms with van der Waals surface area (Å²) in [6.07, 6.45) is 5.37. The zero-order chi connectivity index (χ0) is 17.0. The third-order valence-electron chi connectivity index (χ3n) is 3.19. The van der Waals surface area contributed by atoms with Gasteiger partial charge >= 0.3 is 0 Å². The van der Waals surface area contributed by atoms with Crippen molar-refractivity contribution in [3.63, 3.8) is 0 Å². The van der Waals surface area contributed by atoms with Crippen LogP contribution in [-0.4, -0.2) is 37.2 Å². The van der Waals surface area contributed by atoms with Crippen LogP contribution in [0.2, 0.25) is 0 Å². The molecule has 0 atom stereocenters. The van der Waals surface area contributed by atoms with E-state index in [-0.39, 0.29) is 0 Å². The van der Waals surface area contributed by atoms with Gasteiger partial charge in [-0.25, -0.2) is 4.98 Å². The van der Waals surface area contributed by atoms with E-state index in [1.807, 2.05) is 18.3 Å². The van der Waals surface area contributed by atoms with Crippen molar-refractivity contribution < 1.29 is 9.15 Å². The number of nitrogens with one attached hydrogen (secondary N) is 2. The van der Waals surface area contributed by atoms with Gasteiger partial charge in [0.1, 0.15) is 12.4 Å². The topological polar surface area (TPSA) is 71.7 Å². The predicted molar refractivity (Wildman–Crippen MR) is 97.5 cm³/mol. The maximum atomic E-state index is 5.55. The summed E-state index contributed by atoms with van der Waals surface area (Å²) in [6, 6.07) is 3.78. The van der Waals surface area contributed by atoms with Gasteiger partial charge in [-0.1, -0.05) is 0 Å². The van der Waals surface area contributed by atoms with E-state index >= 15 is 0 Å². The van der Waals surface area contributed by atoms with Crippen molar-refractivity contribution in [3.05, 3.63) is 40.2 Å². The third-order valence-corrected chi connectivity index (χ3v) is 4.16. The molecule has 7 heteroatoms. The van der Waals surface area contributed by atoms with Crippen molar-refractivity contribution in [1.29, 1.82) is 0 Å². The van der Waals surface area contributed by atoms with E-state index < -0.39 is 0 Å². The van der Waals surface area contributed by atoms with Crippen LogP contribution in [0.5, 0.6) is 0 Å². The highest BCUT2D eigenvalue weighted by Gasteiger charge is 2.01. The first-order valence-electron chi connectivity index (χ1n) is 8.31. The number of ether oxygens (including phenoxy) is 1. The van der Waals surface area contributed by atoms with Crippen LogP contribution in [0, 0.1) is 6.92 Å². The lowest BCUT2D eigenvalue weighted by Gasteiger charge is -2.10. The Hall–Kier alpha value is -1.86. The number of hydrogen-bond acceptors (Lipinski definition) is 5. The maximum Gasteiger partial charge on any atom is 0.191 e. The zero-order valence-corrected chi connectivity index (χ0v) is 15.2. The summed E-state index contributed by atoms with van der Waals surface area (Å²) in [7, 11) is 0. The first-order valence-corrected chi connectivity index (χ1v) is 9.13. The number of thiazole rings is 1. The first kappa shape index (κ1) is 18.5. The molecule has 0 spiro atoms. The minimum atomic E-state index is 0.516. The molecule has 0 unspecified atom stereocenters. The average molecular weight is 350 g/mol. The SMILES string of the molecule is CCNC(=NCCCOCc1ccco1)NCCc1ncc(C)s1. The molecule has 0 radical (unpaired) electrons. The lowest BCUT2D eigenvalue weighted by molar-refractivity contribution is 0.105. The first-order chi connectivity index (χ1) is 11.8. The van der Waals surface area contributed by atoms with E-state index in [9.17, 15) is 0 Å². The third kappa shape index (κ3) is 7.14. The number of aliphatic imine (C=N–C) groups is 1. The Bertz CT molecular complexity index is 596. The molecule has 0 aliphatic heterocycles. The second-order valence-corrected chi connectivity index (χ2v) is 6.61. The maximum absolute atomic E-state index is 5.55. The van der Waals surface area contributed by atoms with Crippen LogP contribution in [0.4, 0.5) is 0 Å². The quantitative estimate of drug-likeness (QED) is 0.392. The number of rotatable bonds is 10. The Labute approximate surface area is 147 Å². The molecule has 0 saturated heterocycles. The van der Waals surface area contributed by atoms with E-state index in [2.05, 4.69) is 34.5 Å². The molecule has 2 aromatic heterocycles. The summed E-state index contributed by atoms with van der Waals surface area (Å²) in [4.78, 5) is 10.2. The van der Waals surface area contributed by atoms with Crippen LogP contribution in [0.15, 0.2) is 34.0 Å². The van der Waals surface area contributed by atoms with Crippen LogP contribution in [0.25, 0.3) is 0 Å². The Morgan fingerprint density at radius 3 is 3.04 bits per heavy atom. The van der Waals surface area contributed by atoms with Gasteiger partial charge in [-0.3, -0.25) is 4.99 Å². The molecule has 132 valence electrons. The minimum Gasteiger partial charge on any atom is -0.467 e. The van der Waals surface area contributed by atoms with Gasteiger partial charge < -0.3 is 19.8 Å². The lowest BCUT2D eigenvalue weighted by atomic mass is 10.4. The van der Waals surface area contributed by atoms with Crippen molar-refractivity contribution in [1.82, 2.24) is 15.6 Å². The van der Waals surface area contributed by atoms with Gasteiger partial charge in [0.05, 0.1) is 11.3 Å². The van der Waals surface area contributed by atoms with Gasteiger partial charge in [0.2, 0.25) is 0 Å². The van der Waals surface area contributed by atoms with E-state index in [1.54, 1.807) is 17.6 Å². The number of aryl methyl sites for hydroxylation is 1. The smallest absolute Gasteiger partial charge is 0.191 e. The largest absolute Gasteiger partial charge is 0.467 e. The molecule has 0 aliphatic rings. The summed E-state index contributed by atoms with van der Waals surface area (Å²) in [5.74, 6) is 1.70. The van der Waals surface area contributed by atoms with Gasteiger partial charge in [-0.15, -0.1) is 11.3 Å². The highest BCUT2D eigenvalue weighted by molar-refractivity contribution is 7.11. The van der Waals surface area contributed by atoms with Crippen molar-refractivity contribution in [2.45, 2.75) is 33.3 Å². The summed E-state index contributed by atoms with van der Waals surface area (Å²) >= 11 is 1.74. The molecule has 2 aromatic rings. The van der Waals surface area contributed by atoms with Gasteiger partial charge in [0.25, 0.3) is 0 Å². The molecule has 0 aliphatic carbocycles. The Kier molecular flexibility index (Phi) is 8.34. The summed E-state index contributed by atoms with van der Waals surface area (Å²) in [5.41, 5.74) is 0. The molecular weight excluding hydrogens is 324 g/mol. The molecule has 2 heterocycles. The lowest BCUT2D eigenvalue weighted by Crippen LogP contribution is -2.38. The van der Waals surface area contributed by atoms with Gasteiger partial charge in [-0.2, -0.15) is 0 Å². The molecule has 2 N–H and O–H groups in total. The van der Waals surface area contributed by atoms with Gasteiger partial charge in [0.15, 0.2) is 5.96 Å². The van der Waals surface area contributed by atoms with Crippen LogP contribution in [0.1, 0.15) is 29.0 Å². The van der Waals surface area contributed by atoms with Crippen LogP contribution in [0.3, 0.4) is 0 Å². The number of hydrogen-bond donors (Lipinski definition) is 2. The molecule has 0 saturated carbocycles. The summed E-state index contributed by atoms with van der Waals surface area (Å²) in [5, 5.41) is 7.75. The second-order valence-electron chi connectivity index (χ2n) is 5.29. The predicted octanol–water partition coefficient (Wildman–Crippen LogP) is 2.75. The number of guanidine groups is 1. The number of furan rings is 1. The molecule has 6 nitrogen and oxygen atoms in total. The van der Waals surface area contributed by atoms with Crippen LogP contribution < -0.4 is 10.6 Å². The van der Waals surface area contributed by atoms with Gasteiger partial charge in [-0.05, 0) is 32.4 Å². The monoisotopic (exact) mass is 350 g/mol. The van der Waals surface area contributed by atoms with E-state index in [0.717, 1.165) is 49.2 Å². The fourth-order valence-corrected chi connectivity index (χ4v) is 2.86. The summed E-state index contributed by atoms with van der Waals surface area (Å²) < 4.78 is 10.8. The highest BCUT2D eigenvalue weighted by atomic mass is 32.1. The van der Waals surface area contributed by atoms with Crippen molar-refractivity contribution in [3.8, 4) is 0 Å². The normalized spacial score (nSPS) is 11.7. The van der Waals surface area contributed by atoms with E-state index in [0.29, 0.717) is 13.2 Å². The van der Waals surface area contributed by atoms with E-state index in [4.69, 9.17) is 9.15 Å². The fourth-order valence-electron chi connectivity index (χ4n) is 2.07. The number of nitrogens with zero attached hydrogens (tertiary/aromatic N) is 2. The van der Waals surface area contributed by atoms with Gasteiger partial charge in [0, 0.05) is 43.7 Å². The van der Waals surface area contributed by atoms with Crippen molar-refractivity contribution in [2.75, 3.05) is 26.2 Å². The second kappa shape index (κ2) is 10.8. The van der Waals surface area contributed by atoms with Crippen molar-refractivity contribution in [2.24, 2.45) is 4.99 Å². The zero-order valence-electron chi connectivity index (χ0n) is 14.4. The summed E-state index contributed by atoms with van der Waals surface area (Å²) in [6.45, 7) is 7.72. The minimum absolute atomic E-state index is 0.516. The van der Waals surface area contributed by atoms with E-state index in [1.165, 1.54) is 4.88 Å². The molecule has 2 rings (SSSR count). The average Bonchev–Trinajstić information content (AvgIpc) is 3.22. The Morgan fingerprint density at radius 1 is 1.42 bits per heavy atom. The molecule has 0 amide bonds. The number of aromatic nitrogens is 1. The molecule has 0 bridgehead atoms.